The first-order valence-corrected chi connectivity index (χ1v) is 10.3. The molecule has 0 atom stereocenters. The van der Waals surface area contributed by atoms with Gasteiger partial charge >= 0.3 is 0 Å². The van der Waals surface area contributed by atoms with Crippen molar-refractivity contribution in [1.29, 1.82) is 4.78 Å². The van der Waals surface area contributed by atoms with Gasteiger partial charge in [-0.15, -0.1) is 0 Å². The molecule has 6 nitrogen and oxygen atoms in total. The highest BCUT2D eigenvalue weighted by molar-refractivity contribution is 7.92. The van der Waals surface area contributed by atoms with Crippen molar-refractivity contribution in [3.05, 3.63) is 28.8 Å². The van der Waals surface area contributed by atoms with E-state index >= 15 is 0 Å². The molecule has 2 N–H and O–H groups in total. The van der Waals surface area contributed by atoms with E-state index in [4.69, 9.17) is 21.1 Å². The number of carbonyl (C=O) groups is 1. The number of carbonyl (C=O) groups excluding carboxylic acids is 1. The van der Waals surface area contributed by atoms with Gasteiger partial charge in [-0.05, 0) is 31.0 Å². The zero-order chi connectivity index (χ0) is 17.4. The van der Waals surface area contributed by atoms with Crippen molar-refractivity contribution in [2.24, 2.45) is 0 Å². The average Bonchev–Trinajstić information content (AvgIpc) is 2.57. The molecule has 1 spiro atoms. The summed E-state index contributed by atoms with van der Waals surface area (Å²) >= 11 is 6.00. The summed E-state index contributed by atoms with van der Waals surface area (Å²) in [5.41, 5.74) is 0.826. The van der Waals surface area contributed by atoms with E-state index in [1.807, 2.05) is 0 Å². The number of morpholine rings is 1. The normalized spacial score (nSPS) is 30.3. The van der Waals surface area contributed by atoms with Crippen molar-refractivity contribution in [1.82, 2.24) is 4.90 Å². The second kappa shape index (κ2) is 6.54. The van der Waals surface area contributed by atoms with Gasteiger partial charge < -0.3 is 15.0 Å². The molecule has 0 aliphatic carbocycles. The summed E-state index contributed by atoms with van der Waals surface area (Å²) in [5.74, 6) is 0.631. The highest BCUT2D eigenvalue weighted by Gasteiger charge is 2.42. The summed E-state index contributed by atoms with van der Waals surface area (Å²) in [7, 11) is -0.712. The van der Waals surface area contributed by atoms with Crippen LogP contribution < -0.4 is 5.32 Å². The quantitative estimate of drug-likeness (QED) is 0.836. The molecule has 2 heterocycles. The van der Waals surface area contributed by atoms with Gasteiger partial charge in [0.25, 0.3) is 5.91 Å². The first-order chi connectivity index (χ1) is 11.3. The molecule has 0 radical (unpaired) electrons. The Labute approximate surface area is 147 Å². The Balaban J connectivity index is 1.79. The van der Waals surface area contributed by atoms with Crippen LogP contribution in [0.15, 0.2) is 18.2 Å². The molecule has 1 aromatic rings. The molecular weight excluding hydrogens is 350 g/mol. The lowest BCUT2D eigenvalue weighted by Crippen LogP contribution is -2.56. The van der Waals surface area contributed by atoms with E-state index in [2.05, 4.69) is 5.32 Å². The summed E-state index contributed by atoms with van der Waals surface area (Å²) in [6.45, 7) is 1.48. The molecule has 2 fully saturated rings. The van der Waals surface area contributed by atoms with Crippen LogP contribution in [0.2, 0.25) is 5.02 Å². The number of anilines is 1. The molecular formula is C16H22ClN3O3S. The van der Waals surface area contributed by atoms with Crippen LogP contribution >= 0.6 is 11.6 Å². The van der Waals surface area contributed by atoms with Crippen LogP contribution in [0.5, 0.6) is 0 Å². The fourth-order valence-corrected chi connectivity index (χ4v) is 5.11. The van der Waals surface area contributed by atoms with Crippen LogP contribution in [-0.4, -0.2) is 58.9 Å². The van der Waals surface area contributed by atoms with E-state index in [9.17, 15) is 9.00 Å². The van der Waals surface area contributed by atoms with Crippen LogP contribution in [0.4, 0.5) is 5.69 Å². The zero-order valence-corrected chi connectivity index (χ0v) is 15.2. The molecule has 8 heteroatoms. The van der Waals surface area contributed by atoms with E-state index in [-0.39, 0.29) is 5.91 Å². The number of benzene rings is 1. The van der Waals surface area contributed by atoms with Crippen LogP contribution in [0, 0.1) is 4.78 Å². The van der Waals surface area contributed by atoms with Crippen molar-refractivity contribution < 1.29 is 13.7 Å². The summed E-state index contributed by atoms with van der Waals surface area (Å²) < 4.78 is 25.6. The van der Waals surface area contributed by atoms with Gasteiger partial charge in [0.1, 0.15) is 0 Å². The third-order valence-corrected chi connectivity index (χ3v) is 6.75. The molecule has 0 aromatic heterocycles. The van der Waals surface area contributed by atoms with Gasteiger partial charge in [-0.1, -0.05) is 11.6 Å². The number of rotatable bonds is 2. The van der Waals surface area contributed by atoms with Gasteiger partial charge in [0.05, 0.1) is 24.3 Å². The second-order valence-corrected chi connectivity index (χ2v) is 9.29. The van der Waals surface area contributed by atoms with Crippen LogP contribution in [0.25, 0.3) is 0 Å². The van der Waals surface area contributed by atoms with E-state index < -0.39 is 15.3 Å². The Bertz CT molecular complexity index is 737. The van der Waals surface area contributed by atoms with Gasteiger partial charge in [0.2, 0.25) is 0 Å². The first-order valence-electron chi connectivity index (χ1n) is 7.99. The molecule has 24 heavy (non-hydrogen) atoms. The van der Waals surface area contributed by atoms with Gasteiger partial charge in [-0.2, -0.15) is 0 Å². The van der Waals surface area contributed by atoms with Crippen LogP contribution in [0.3, 0.4) is 0 Å². The van der Waals surface area contributed by atoms with Crippen LogP contribution in [-0.2, 0) is 14.5 Å². The van der Waals surface area contributed by atoms with Gasteiger partial charge in [-0.3, -0.25) is 9.57 Å². The predicted molar refractivity (Wildman–Crippen MR) is 95.4 cm³/mol. The molecule has 132 valence electrons. The smallest absolute Gasteiger partial charge is 0.256 e. The number of amides is 1. The first kappa shape index (κ1) is 17.5. The van der Waals surface area contributed by atoms with Crippen molar-refractivity contribution in [2.45, 2.75) is 18.4 Å². The van der Waals surface area contributed by atoms with Crippen LogP contribution in [0.1, 0.15) is 23.2 Å². The molecule has 3 rings (SSSR count). The number of ether oxygens (including phenoxy) is 1. The highest BCUT2D eigenvalue weighted by atomic mass is 35.5. The average molecular weight is 372 g/mol. The Kier molecular flexibility index (Phi) is 4.77. The van der Waals surface area contributed by atoms with Crippen molar-refractivity contribution in [3.63, 3.8) is 0 Å². The van der Waals surface area contributed by atoms with E-state index in [0.717, 1.165) is 0 Å². The Hall–Kier alpha value is -1.31. The summed E-state index contributed by atoms with van der Waals surface area (Å²) in [4.78, 5) is 14.7. The third-order valence-electron chi connectivity index (χ3n) is 4.79. The predicted octanol–water partition coefficient (Wildman–Crippen LogP) is 2.43. The van der Waals surface area contributed by atoms with Gasteiger partial charge in [0.15, 0.2) is 0 Å². The molecule has 1 amide bonds. The number of nitrogens with one attached hydrogen (secondary N) is 2. The monoisotopic (exact) mass is 371 g/mol. The number of nitrogens with zero attached hydrogens (tertiary/aromatic N) is 1. The van der Waals surface area contributed by atoms with Gasteiger partial charge in [0, 0.05) is 45.5 Å². The number of hydrogen-bond donors (Lipinski definition) is 2. The van der Waals surface area contributed by atoms with Gasteiger partial charge in [-0.25, -0.2) is 4.21 Å². The minimum Gasteiger partial charge on any atom is -0.387 e. The van der Waals surface area contributed by atoms with E-state index in [1.165, 1.54) is 0 Å². The zero-order valence-electron chi connectivity index (χ0n) is 13.6. The number of hydrogen-bond acceptors (Lipinski definition) is 5. The second-order valence-electron chi connectivity index (χ2n) is 6.42. The Morgan fingerprint density at radius 3 is 2.79 bits per heavy atom. The maximum atomic E-state index is 12.9. The summed E-state index contributed by atoms with van der Waals surface area (Å²) in [6.07, 6.45) is 1.14. The van der Waals surface area contributed by atoms with Crippen molar-refractivity contribution in [3.8, 4) is 0 Å². The maximum Gasteiger partial charge on any atom is 0.256 e. The maximum absolute atomic E-state index is 12.9. The molecule has 0 unspecified atom stereocenters. The Morgan fingerprint density at radius 2 is 2.12 bits per heavy atom. The molecule has 2 aliphatic heterocycles. The van der Waals surface area contributed by atoms with Crippen molar-refractivity contribution >= 4 is 32.9 Å². The van der Waals surface area contributed by atoms with Crippen molar-refractivity contribution in [2.75, 3.05) is 43.6 Å². The summed E-state index contributed by atoms with van der Waals surface area (Å²) in [6, 6.07) is 5.18. The molecule has 2 aliphatic rings. The lowest BCUT2D eigenvalue weighted by molar-refractivity contribution is -0.104. The van der Waals surface area contributed by atoms with E-state index in [1.54, 1.807) is 30.1 Å². The standard InChI is InChI=1S/C16H22ClN3O3S/c1-19-14-10-12(17)2-3-13(14)15(21)20-6-7-23-16(11-20)4-8-24(18,22)9-5-16/h2-3,10,18-19H,4-9,11H2,1H3. The minimum absolute atomic E-state index is 0.0594. The highest BCUT2D eigenvalue weighted by Crippen LogP contribution is 2.32. The summed E-state index contributed by atoms with van der Waals surface area (Å²) in [5, 5.41) is 3.59. The van der Waals surface area contributed by atoms with E-state index in [0.29, 0.717) is 60.3 Å². The SMILES string of the molecule is CNc1cc(Cl)ccc1C(=O)N1CCOC2(CCS(=N)(=O)CC2)C1. The fraction of sp³-hybridized carbons (Fsp3) is 0.562. The largest absolute Gasteiger partial charge is 0.387 e. The molecule has 0 saturated carbocycles. The molecule has 0 bridgehead atoms. The topological polar surface area (TPSA) is 82.5 Å². The fourth-order valence-electron chi connectivity index (χ4n) is 3.33. The Morgan fingerprint density at radius 1 is 1.42 bits per heavy atom. The molecule has 1 aromatic carbocycles. The lowest BCUT2D eigenvalue weighted by Gasteiger charge is -2.45. The third kappa shape index (κ3) is 3.53. The number of halogens is 1. The minimum atomic E-state index is -2.47. The lowest BCUT2D eigenvalue weighted by atomic mass is 9.94. The molecule has 2 saturated heterocycles.